The first-order valence-electron chi connectivity index (χ1n) is 7.71. The molecule has 2 aromatic carbocycles. The fourth-order valence-electron chi connectivity index (χ4n) is 2.28. The topological polar surface area (TPSA) is 58.6 Å². The lowest BCUT2D eigenvalue weighted by Crippen LogP contribution is -2.28. The smallest absolute Gasteiger partial charge is 0.251 e. The molecule has 0 bridgehead atoms. The van der Waals surface area contributed by atoms with Crippen LogP contribution in [0.4, 0.5) is 0 Å². The Morgan fingerprint density at radius 2 is 1.83 bits per heavy atom. The van der Waals surface area contributed by atoms with Gasteiger partial charge in [0.05, 0.1) is 13.2 Å². The molecule has 2 N–H and O–H groups in total. The van der Waals surface area contributed by atoms with Gasteiger partial charge in [0, 0.05) is 12.1 Å². The van der Waals surface area contributed by atoms with Crippen LogP contribution in [0.1, 0.15) is 47.4 Å². The highest BCUT2D eigenvalue weighted by Gasteiger charge is 2.12. The number of aliphatic hydroxyl groups is 1. The molecule has 0 saturated heterocycles. The summed E-state index contributed by atoms with van der Waals surface area (Å²) in [5.41, 5.74) is 2.49. The van der Waals surface area contributed by atoms with E-state index in [1.54, 1.807) is 19.2 Å². The van der Waals surface area contributed by atoms with Crippen LogP contribution in [0.15, 0.2) is 48.5 Å². The average Bonchev–Trinajstić information content (AvgIpc) is 2.59. The van der Waals surface area contributed by atoms with Gasteiger partial charge >= 0.3 is 0 Å². The molecular weight excluding hydrogens is 290 g/mol. The van der Waals surface area contributed by atoms with Crippen LogP contribution in [-0.4, -0.2) is 24.7 Å². The summed E-state index contributed by atoms with van der Waals surface area (Å²) in [6.45, 7) is 4.37. The summed E-state index contributed by atoms with van der Waals surface area (Å²) in [4.78, 5) is 12.1. The van der Waals surface area contributed by atoms with E-state index in [2.05, 4.69) is 19.2 Å². The molecule has 0 aliphatic heterocycles. The molecule has 2 aromatic rings. The molecular formula is C19H23NO3. The Hall–Kier alpha value is -2.33. The summed E-state index contributed by atoms with van der Waals surface area (Å²) in [5, 5.41) is 12.9. The maximum absolute atomic E-state index is 12.1. The van der Waals surface area contributed by atoms with E-state index >= 15 is 0 Å². The van der Waals surface area contributed by atoms with Crippen molar-refractivity contribution in [1.29, 1.82) is 0 Å². The third-order valence-corrected chi connectivity index (χ3v) is 3.77. The fourth-order valence-corrected chi connectivity index (χ4v) is 2.28. The van der Waals surface area contributed by atoms with Gasteiger partial charge in [0.1, 0.15) is 5.75 Å². The molecule has 0 spiro atoms. The van der Waals surface area contributed by atoms with Crippen LogP contribution in [0.25, 0.3) is 0 Å². The third kappa shape index (κ3) is 4.57. The molecule has 0 heterocycles. The number of hydrogen-bond donors (Lipinski definition) is 2. The highest BCUT2D eigenvalue weighted by atomic mass is 16.5. The van der Waals surface area contributed by atoms with E-state index in [9.17, 15) is 9.90 Å². The molecule has 0 fully saturated rings. The van der Waals surface area contributed by atoms with Gasteiger partial charge in [-0.3, -0.25) is 4.79 Å². The molecule has 122 valence electrons. The van der Waals surface area contributed by atoms with Crippen molar-refractivity contribution >= 4 is 5.91 Å². The Morgan fingerprint density at radius 1 is 1.13 bits per heavy atom. The number of benzene rings is 2. The van der Waals surface area contributed by atoms with Crippen LogP contribution in [0, 0.1) is 0 Å². The van der Waals surface area contributed by atoms with Crippen molar-refractivity contribution in [2.45, 2.75) is 25.9 Å². The molecule has 0 aliphatic rings. The second-order valence-electron chi connectivity index (χ2n) is 5.78. The minimum atomic E-state index is -0.774. The number of rotatable bonds is 6. The second kappa shape index (κ2) is 7.79. The van der Waals surface area contributed by atoms with Crippen LogP contribution < -0.4 is 10.1 Å². The van der Waals surface area contributed by atoms with E-state index in [4.69, 9.17) is 4.74 Å². The molecule has 0 aromatic heterocycles. The number of aliphatic hydroxyl groups excluding tert-OH is 1. The van der Waals surface area contributed by atoms with E-state index in [-0.39, 0.29) is 12.5 Å². The maximum Gasteiger partial charge on any atom is 0.251 e. The van der Waals surface area contributed by atoms with E-state index < -0.39 is 6.10 Å². The molecule has 0 saturated carbocycles. The zero-order chi connectivity index (χ0) is 16.8. The van der Waals surface area contributed by atoms with Crippen molar-refractivity contribution in [1.82, 2.24) is 5.32 Å². The van der Waals surface area contributed by atoms with Gasteiger partial charge in [-0.25, -0.2) is 0 Å². The van der Waals surface area contributed by atoms with Crippen LogP contribution >= 0.6 is 0 Å². The van der Waals surface area contributed by atoms with E-state index in [1.807, 2.05) is 36.4 Å². The molecule has 4 nitrogen and oxygen atoms in total. The molecule has 2 rings (SSSR count). The molecule has 0 aliphatic carbocycles. The SMILES string of the molecule is COc1cccc(C(O)CNC(=O)c2ccc(C(C)C)cc2)c1. The molecule has 0 radical (unpaired) electrons. The van der Waals surface area contributed by atoms with Gasteiger partial charge in [-0.2, -0.15) is 0 Å². The number of methoxy groups -OCH3 is 1. The number of carbonyl (C=O) groups is 1. The van der Waals surface area contributed by atoms with Gasteiger partial charge in [0.25, 0.3) is 5.91 Å². The van der Waals surface area contributed by atoms with Crippen LogP contribution in [0.3, 0.4) is 0 Å². The highest BCUT2D eigenvalue weighted by molar-refractivity contribution is 5.94. The van der Waals surface area contributed by atoms with Crippen molar-refractivity contribution < 1.29 is 14.6 Å². The zero-order valence-corrected chi connectivity index (χ0v) is 13.7. The maximum atomic E-state index is 12.1. The zero-order valence-electron chi connectivity index (χ0n) is 13.7. The number of carbonyl (C=O) groups excluding carboxylic acids is 1. The Kier molecular flexibility index (Phi) is 5.77. The molecule has 1 unspecified atom stereocenters. The van der Waals surface area contributed by atoms with Gasteiger partial charge in [0.15, 0.2) is 0 Å². The summed E-state index contributed by atoms with van der Waals surface area (Å²) < 4.78 is 5.13. The minimum Gasteiger partial charge on any atom is -0.497 e. The lowest BCUT2D eigenvalue weighted by Gasteiger charge is -2.13. The third-order valence-electron chi connectivity index (χ3n) is 3.77. The molecule has 1 amide bonds. The molecule has 1 atom stereocenters. The first-order chi connectivity index (χ1) is 11.0. The number of nitrogens with one attached hydrogen (secondary N) is 1. The van der Waals surface area contributed by atoms with Crippen molar-refractivity contribution in [3.05, 3.63) is 65.2 Å². The van der Waals surface area contributed by atoms with Crippen molar-refractivity contribution in [3.63, 3.8) is 0 Å². The number of ether oxygens (including phenoxy) is 1. The first kappa shape index (κ1) is 17.0. The quantitative estimate of drug-likeness (QED) is 0.860. The van der Waals surface area contributed by atoms with Gasteiger partial charge in [-0.15, -0.1) is 0 Å². The number of hydrogen-bond acceptors (Lipinski definition) is 3. The average molecular weight is 313 g/mol. The van der Waals surface area contributed by atoms with Crippen molar-refractivity contribution in [2.75, 3.05) is 13.7 Å². The summed E-state index contributed by atoms with van der Waals surface area (Å²) in [6, 6.07) is 14.7. The highest BCUT2D eigenvalue weighted by Crippen LogP contribution is 2.19. The summed E-state index contributed by atoms with van der Waals surface area (Å²) in [7, 11) is 1.58. The van der Waals surface area contributed by atoms with Crippen molar-refractivity contribution in [2.24, 2.45) is 0 Å². The summed E-state index contributed by atoms with van der Waals surface area (Å²) in [5.74, 6) is 0.918. The Bertz CT molecular complexity index is 650. The largest absolute Gasteiger partial charge is 0.497 e. The second-order valence-corrected chi connectivity index (χ2v) is 5.78. The van der Waals surface area contributed by atoms with Gasteiger partial charge in [0.2, 0.25) is 0 Å². The van der Waals surface area contributed by atoms with Crippen LogP contribution in [-0.2, 0) is 0 Å². The normalized spacial score (nSPS) is 12.0. The Morgan fingerprint density at radius 3 is 2.43 bits per heavy atom. The lowest BCUT2D eigenvalue weighted by molar-refractivity contribution is 0.0916. The van der Waals surface area contributed by atoms with E-state index in [1.165, 1.54) is 5.56 Å². The van der Waals surface area contributed by atoms with Gasteiger partial charge < -0.3 is 15.2 Å². The van der Waals surface area contributed by atoms with E-state index in [0.29, 0.717) is 22.8 Å². The predicted octanol–water partition coefficient (Wildman–Crippen LogP) is 3.28. The minimum absolute atomic E-state index is 0.151. The van der Waals surface area contributed by atoms with Gasteiger partial charge in [-0.05, 0) is 41.3 Å². The molecule has 4 heteroatoms. The fraction of sp³-hybridized carbons (Fsp3) is 0.316. The first-order valence-corrected chi connectivity index (χ1v) is 7.71. The van der Waals surface area contributed by atoms with E-state index in [0.717, 1.165) is 0 Å². The number of amides is 1. The lowest BCUT2D eigenvalue weighted by atomic mass is 10.0. The standard InChI is InChI=1S/C19H23NO3/c1-13(2)14-7-9-15(10-8-14)19(22)20-12-18(21)16-5-4-6-17(11-16)23-3/h4-11,13,18,21H,12H2,1-3H3,(H,20,22). The predicted molar refractivity (Wildman–Crippen MR) is 90.8 cm³/mol. The summed E-state index contributed by atoms with van der Waals surface area (Å²) >= 11 is 0. The molecule has 23 heavy (non-hydrogen) atoms. The van der Waals surface area contributed by atoms with Crippen molar-refractivity contribution in [3.8, 4) is 5.75 Å². The summed E-state index contributed by atoms with van der Waals surface area (Å²) in [6.07, 6.45) is -0.774. The van der Waals surface area contributed by atoms with Crippen LogP contribution in [0.5, 0.6) is 5.75 Å². The Balaban J connectivity index is 1.95. The van der Waals surface area contributed by atoms with Gasteiger partial charge in [-0.1, -0.05) is 38.1 Å². The monoisotopic (exact) mass is 313 g/mol. The van der Waals surface area contributed by atoms with Crippen LogP contribution in [0.2, 0.25) is 0 Å². The Labute approximate surface area is 137 Å².